The zero-order chi connectivity index (χ0) is 31.9. The van der Waals surface area contributed by atoms with Gasteiger partial charge in [0.25, 0.3) is 5.91 Å². The summed E-state index contributed by atoms with van der Waals surface area (Å²) in [4.78, 5) is 52.4. The number of aliphatic hydroxyl groups is 1. The molecule has 0 fully saturated rings. The van der Waals surface area contributed by atoms with E-state index in [1.807, 2.05) is 77.9 Å². The quantitative estimate of drug-likeness (QED) is 0.194. The Bertz CT molecular complexity index is 1160. The Morgan fingerprint density at radius 2 is 1.14 bits per heavy atom. The van der Waals surface area contributed by atoms with Crippen molar-refractivity contribution in [3.63, 3.8) is 0 Å². The monoisotopic (exact) mass is 596 g/mol. The summed E-state index contributed by atoms with van der Waals surface area (Å²) in [5, 5.41) is 21.8. The van der Waals surface area contributed by atoms with E-state index in [1.165, 1.54) is 0 Å². The van der Waals surface area contributed by atoms with Crippen LogP contribution in [0.1, 0.15) is 66.4 Å². The van der Waals surface area contributed by atoms with Gasteiger partial charge in [0.2, 0.25) is 11.8 Å². The summed E-state index contributed by atoms with van der Waals surface area (Å²) in [6, 6.07) is 15.2. The van der Waals surface area contributed by atoms with Crippen LogP contribution in [0.4, 0.5) is 10.5 Å². The van der Waals surface area contributed by atoms with Crippen molar-refractivity contribution in [1.29, 1.82) is 0 Å². The summed E-state index contributed by atoms with van der Waals surface area (Å²) in [6.45, 7) is 11.6. The predicted octanol–water partition coefficient (Wildman–Crippen LogP) is 4.39. The molecule has 0 aliphatic rings. The van der Waals surface area contributed by atoms with Crippen LogP contribution >= 0.6 is 0 Å². The number of anilines is 1. The SMILES string of the molecule is CC(C)C[C@H](NC(=O)OCc1ccccc1)C(=O)N[C@@H](CC(C)C)C(=O)N[C@@H](CC(C)C)C(O)C(=O)Nc1ccccc1. The van der Waals surface area contributed by atoms with E-state index in [4.69, 9.17) is 4.74 Å². The smallest absolute Gasteiger partial charge is 0.408 e. The highest BCUT2D eigenvalue weighted by Crippen LogP contribution is 2.14. The van der Waals surface area contributed by atoms with Crippen LogP contribution in [0, 0.1) is 17.8 Å². The summed E-state index contributed by atoms with van der Waals surface area (Å²) in [6.07, 6.45) is -1.28. The number of rotatable bonds is 16. The van der Waals surface area contributed by atoms with E-state index in [-0.39, 0.29) is 24.4 Å². The molecule has 0 spiro atoms. The second-order valence-electron chi connectivity index (χ2n) is 12.1. The third-order valence-electron chi connectivity index (χ3n) is 6.61. The first kappa shape index (κ1) is 35.3. The van der Waals surface area contributed by atoms with Crippen molar-refractivity contribution in [3.8, 4) is 0 Å². The molecule has 236 valence electrons. The third kappa shape index (κ3) is 13.3. The maximum Gasteiger partial charge on any atom is 0.408 e. The lowest BCUT2D eigenvalue weighted by molar-refractivity contribution is -0.133. The summed E-state index contributed by atoms with van der Waals surface area (Å²) in [7, 11) is 0. The molecule has 0 radical (unpaired) electrons. The molecule has 10 heteroatoms. The van der Waals surface area contributed by atoms with Gasteiger partial charge in [0.1, 0.15) is 18.7 Å². The van der Waals surface area contributed by atoms with E-state index in [0.717, 1.165) is 5.56 Å². The van der Waals surface area contributed by atoms with Gasteiger partial charge in [-0.2, -0.15) is 0 Å². The number of ether oxygens (including phenoxy) is 1. The minimum absolute atomic E-state index is 0.0400. The molecular weight excluding hydrogens is 548 g/mol. The number of nitrogens with one attached hydrogen (secondary N) is 4. The van der Waals surface area contributed by atoms with Crippen LogP contribution in [0.15, 0.2) is 60.7 Å². The fraction of sp³-hybridized carbons (Fsp3) is 0.515. The van der Waals surface area contributed by atoms with Crippen LogP contribution in [-0.2, 0) is 25.7 Å². The fourth-order valence-electron chi connectivity index (χ4n) is 4.56. The highest BCUT2D eigenvalue weighted by molar-refractivity contribution is 5.95. The van der Waals surface area contributed by atoms with Crippen molar-refractivity contribution in [3.05, 3.63) is 66.2 Å². The normalized spacial score (nSPS) is 14.0. The lowest BCUT2D eigenvalue weighted by Gasteiger charge is -2.29. The first-order valence-electron chi connectivity index (χ1n) is 15.0. The molecule has 4 atom stereocenters. The zero-order valence-electron chi connectivity index (χ0n) is 26.1. The Hall–Kier alpha value is -3.92. The minimum atomic E-state index is -1.52. The number of hydrogen-bond acceptors (Lipinski definition) is 6. The Labute approximate surface area is 255 Å². The molecule has 0 bridgehead atoms. The first-order chi connectivity index (χ1) is 20.3. The molecule has 10 nitrogen and oxygen atoms in total. The van der Waals surface area contributed by atoms with E-state index < -0.39 is 48.0 Å². The fourth-order valence-corrected chi connectivity index (χ4v) is 4.56. The second-order valence-corrected chi connectivity index (χ2v) is 12.1. The van der Waals surface area contributed by atoms with E-state index in [9.17, 15) is 24.3 Å². The maximum absolute atomic E-state index is 13.5. The summed E-state index contributed by atoms with van der Waals surface area (Å²) in [5.74, 6) is -1.52. The largest absolute Gasteiger partial charge is 0.445 e. The zero-order valence-corrected chi connectivity index (χ0v) is 26.1. The summed E-state index contributed by atoms with van der Waals surface area (Å²) >= 11 is 0. The van der Waals surface area contributed by atoms with Gasteiger partial charge in [-0.25, -0.2) is 4.79 Å². The minimum Gasteiger partial charge on any atom is -0.445 e. The first-order valence-corrected chi connectivity index (χ1v) is 15.0. The molecule has 0 saturated heterocycles. The molecule has 0 aliphatic carbocycles. The number of para-hydroxylation sites is 1. The summed E-state index contributed by atoms with van der Waals surface area (Å²) in [5.41, 5.74) is 1.34. The number of benzene rings is 2. The molecule has 2 aromatic rings. The van der Waals surface area contributed by atoms with Gasteiger partial charge in [0, 0.05) is 5.69 Å². The Kier molecular flexibility index (Phi) is 14.7. The van der Waals surface area contributed by atoms with Crippen molar-refractivity contribution in [1.82, 2.24) is 16.0 Å². The highest BCUT2D eigenvalue weighted by Gasteiger charge is 2.33. The number of carbonyl (C=O) groups excluding carboxylic acids is 4. The van der Waals surface area contributed by atoms with Crippen molar-refractivity contribution in [2.45, 2.75) is 91.6 Å². The van der Waals surface area contributed by atoms with E-state index in [0.29, 0.717) is 24.9 Å². The van der Waals surface area contributed by atoms with Gasteiger partial charge >= 0.3 is 6.09 Å². The van der Waals surface area contributed by atoms with Crippen molar-refractivity contribution in [2.24, 2.45) is 17.8 Å². The van der Waals surface area contributed by atoms with E-state index in [1.54, 1.807) is 24.3 Å². The van der Waals surface area contributed by atoms with Gasteiger partial charge < -0.3 is 31.1 Å². The third-order valence-corrected chi connectivity index (χ3v) is 6.61. The van der Waals surface area contributed by atoms with Gasteiger partial charge in [-0.1, -0.05) is 90.1 Å². The average molecular weight is 597 g/mol. The number of hydrogen-bond donors (Lipinski definition) is 5. The molecular formula is C33H48N4O6. The van der Waals surface area contributed by atoms with Crippen LogP contribution in [0.5, 0.6) is 0 Å². The van der Waals surface area contributed by atoms with Gasteiger partial charge in [0.15, 0.2) is 6.10 Å². The lowest BCUT2D eigenvalue weighted by atomic mass is 9.96. The van der Waals surface area contributed by atoms with Crippen LogP contribution < -0.4 is 21.3 Å². The standard InChI is InChI=1S/C33H48N4O6/c1-21(2)17-26(29(38)32(41)34-25-15-11-8-12-16-25)35-30(39)27(18-22(3)4)36-31(40)28(19-23(5)6)37-33(42)43-20-24-13-9-7-10-14-24/h7-16,21-23,26-29,38H,17-20H2,1-6H3,(H,34,41)(H,35,39)(H,36,40)(H,37,42)/t26-,27-,28-,29?/m0/s1. The maximum atomic E-state index is 13.5. The van der Waals surface area contributed by atoms with Gasteiger partial charge in [-0.15, -0.1) is 0 Å². The van der Waals surface area contributed by atoms with Gasteiger partial charge in [0.05, 0.1) is 6.04 Å². The van der Waals surface area contributed by atoms with Crippen molar-refractivity contribution < 1.29 is 29.0 Å². The predicted molar refractivity (Wildman–Crippen MR) is 167 cm³/mol. The average Bonchev–Trinajstić information content (AvgIpc) is 2.95. The molecule has 2 rings (SSSR count). The molecule has 0 aliphatic heterocycles. The van der Waals surface area contributed by atoms with Crippen LogP contribution in [-0.4, -0.2) is 53.2 Å². The number of alkyl carbamates (subject to hydrolysis) is 1. The second kappa shape index (κ2) is 17.9. The Morgan fingerprint density at radius 3 is 1.67 bits per heavy atom. The van der Waals surface area contributed by atoms with Crippen LogP contribution in [0.25, 0.3) is 0 Å². The molecule has 0 saturated carbocycles. The molecule has 1 unspecified atom stereocenters. The summed E-state index contributed by atoms with van der Waals surface area (Å²) < 4.78 is 5.31. The number of aliphatic hydroxyl groups excluding tert-OH is 1. The topological polar surface area (TPSA) is 146 Å². The molecule has 2 aromatic carbocycles. The molecule has 43 heavy (non-hydrogen) atoms. The number of carbonyl (C=O) groups is 4. The van der Waals surface area contributed by atoms with Crippen molar-refractivity contribution >= 4 is 29.5 Å². The number of amides is 4. The van der Waals surface area contributed by atoms with E-state index in [2.05, 4.69) is 21.3 Å². The lowest BCUT2D eigenvalue weighted by Crippen LogP contribution is -2.57. The van der Waals surface area contributed by atoms with Gasteiger partial charge in [-0.3, -0.25) is 14.4 Å². The highest BCUT2D eigenvalue weighted by atomic mass is 16.5. The van der Waals surface area contributed by atoms with Crippen LogP contribution in [0.3, 0.4) is 0 Å². The van der Waals surface area contributed by atoms with E-state index >= 15 is 0 Å². The molecule has 5 N–H and O–H groups in total. The molecule has 4 amide bonds. The Balaban J connectivity index is 2.13. The Morgan fingerprint density at radius 1 is 0.651 bits per heavy atom. The molecule has 0 aromatic heterocycles. The molecule has 0 heterocycles. The van der Waals surface area contributed by atoms with Gasteiger partial charge in [-0.05, 0) is 54.7 Å². The van der Waals surface area contributed by atoms with Crippen LogP contribution in [0.2, 0.25) is 0 Å². The van der Waals surface area contributed by atoms with Crippen molar-refractivity contribution in [2.75, 3.05) is 5.32 Å².